The van der Waals surface area contributed by atoms with Crippen LogP contribution in [0.25, 0.3) is 5.65 Å². The molecule has 3 rings (SSSR count). The number of rotatable bonds is 2. The van der Waals surface area contributed by atoms with E-state index in [0.29, 0.717) is 18.8 Å². The second-order valence-corrected chi connectivity index (χ2v) is 5.78. The minimum absolute atomic E-state index is 0.215. The largest absolute Gasteiger partial charge is 0.371 e. The molecule has 108 valence electrons. The van der Waals surface area contributed by atoms with E-state index in [4.69, 9.17) is 16.3 Å². The van der Waals surface area contributed by atoms with Crippen LogP contribution in [0.2, 0.25) is 5.28 Å². The molecule has 1 atom stereocenters. The Bertz CT molecular complexity index is 624. The van der Waals surface area contributed by atoms with E-state index < -0.39 is 11.8 Å². The van der Waals surface area contributed by atoms with Gasteiger partial charge in [-0.2, -0.15) is 4.98 Å². The van der Waals surface area contributed by atoms with E-state index in [0.717, 1.165) is 12.2 Å². The lowest BCUT2D eigenvalue weighted by molar-refractivity contribution is -0.0503. The van der Waals surface area contributed by atoms with Crippen LogP contribution in [0.3, 0.4) is 0 Å². The number of hydrogen-bond donors (Lipinski definition) is 0. The average Bonchev–Trinajstić information content (AvgIpc) is 2.77. The Hall–Kier alpha value is -1.40. The predicted octanol–water partition coefficient (Wildman–Crippen LogP) is 2.34. The van der Waals surface area contributed by atoms with E-state index >= 15 is 0 Å². The summed E-state index contributed by atoms with van der Waals surface area (Å²) >= 11 is 5.78. The topological polar surface area (TPSA) is 42.7 Å². The zero-order chi connectivity index (χ0) is 14.3. The van der Waals surface area contributed by atoms with Gasteiger partial charge in [-0.1, -0.05) is 0 Å². The number of hydrogen-bond acceptors (Lipinski definition) is 4. The summed E-state index contributed by atoms with van der Waals surface area (Å²) in [6.07, 6.45) is 1.41. The zero-order valence-electron chi connectivity index (χ0n) is 11.4. The first kappa shape index (κ1) is 13.6. The lowest BCUT2D eigenvalue weighted by Gasteiger charge is -2.38. The number of halogens is 2. The lowest BCUT2D eigenvalue weighted by Crippen LogP contribution is -2.50. The van der Waals surface area contributed by atoms with Crippen molar-refractivity contribution in [1.82, 2.24) is 14.6 Å². The Balaban J connectivity index is 1.86. The minimum atomic E-state index is -1.36. The molecule has 1 saturated heterocycles. The molecule has 1 aliphatic heterocycles. The third kappa shape index (κ3) is 2.58. The Morgan fingerprint density at radius 2 is 2.25 bits per heavy atom. The van der Waals surface area contributed by atoms with Crippen molar-refractivity contribution < 1.29 is 9.13 Å². The molecular formula is C13H16ClFN4O. The molecule has 3 heterocycles. The fraction of sp³-hybridized carbons (Fsp3) is 0.538. The molecule has 1 aliphatic rings. The van der Waals surface area contributed by atoms with Gasteiger partial charge in [-0.15, -0.1) is 5.10 Å². The quantitative estimate of drug-likeness (QED) is 0.853. The molecule has 2 aromatic heterocycles. The molecule has 0 N–H and O–H groups in total. The standard InChI is InChI=1S/C13H16ClFN4O/c1-13(2,15)10-8-18(5-6-20-10)9-3-4-11-16-12(14)17-19(11)7-9/h3-4,7,10H,5-6,8H2,1-2H3. The van der Waals surface area contributed by atoms with Gasteiger partial charge in [-0.05, 0) is 37.6 Å². The normalized spacial score (nSPS) is 20.6. The van der Waals surface area contributed by atoms with Gasteiger partial charge in [0.05, 0.1) is 18.5 Å². The van der Waals surface area contributed by atoms with Gasteiger partial charge < -0.3 is 9.64 Å². The summed E-state index contributed by atoms with van der Waals surface area (Å²) in [5, 5.41) is 4.29. The summed E-state index contributed by atoms with van der Waals surface area (Å²) in [5.74, 6) is 0. The van der Waals surface area contributed by atoms with Gasteiger partial charge in [0.15, 0.2) is 5.65 Å². The first-order valence-corrected chi connectivity index (χ1v) is 6.89. The van der Waals surface area contributed by atoms with Crippen LogP contribution in [0.4, 0.5) is 10.1 Å². The van der Waals surface area contributed by atoms with Crippen molar-refractivity contribution >= 4 is 22.9 Å². The number of ether oxygens (including phenoxy) is 1. The summed E-state index contributed by atoms with van der Waals surface area (Å²) in [4.78, 5) is 6.16. The Labute approximate surface area is 121 Å². The monoisotopic (exact) mass is 298 g/mol. The van der Waals surface area contributed by atoms with Crippen molar-refractivity contribution in [2.75, 3.05) is 24.6 Å². The Kier molecular flexibility index (Phi) is 3.30. The van der Waals surface area contributed by atoms with Crippen LogP contribution < -0.4 is 4.90 Å². The van der Waals surface area contributed by atoms with Crippen LogP contribution in [0, 0.1) is 0 Å². The summed E-state index contributed by atoms with van der Waals surface area (Å²) < 4.78 is 21.2. The summed E-state index contributed by atoms with van der Waals surface area (Å²) in [7, 11) is 0. The van der Waals surface area contributed by atoms with E-state index in [-0.39, 0.29) is 5.28 Å². The van der Waals surface area contributed by atoms with Crippen LogP contribution in [-0.4, -0.2) is 46.1 Å². The second-order valence-electron chi connectivity index (χ2n) is 5.44. The minimum Gasteiger partial charge on any atom is -0.371 e. The summed E-state index contributed by atoms with van der Waals surface area (Å²) in [6, 6.07) is 3.78. The third-order valence-electron chi connectivity index (χ3n) is 3.49. The molecule has 0 spiro atoms. The van der Waals surface area contributed by atoms with Crippen LogP contribution >= 0.6 is 11.6 Å². The van der Waals surface area contributed by atoms with Crippen molar-refractivity contribution in [3.63, 3.8) is 0 Å². The van der Waals surface area contributed by atoms with E-state index in [2.05, 4.69) is 15.0 Å². The molecule has 1 unspecified atom stereocenters. The molecule has 0 bridgehead atoms. The predicted molar refractivity (Wildman–Crippen MR) is 75.1 cm³/mol. The van der Waals surface area contributed by atoms with Gasteiger partial charge in [-0.3, -0.25) is 0 Å². The highest BCUT2D eigenvalue weighted by Gasteiger charge is 2.34. The molecule has 2 aromatic rings. The fourth-order valence-electron chi connectivity index (χ4n) is 2.33. The highest BCUT2D eigenvalue weighted by molar-refractivity contribution is 6.28. The van der Waals surface area contributed by atoms with Gasteiger partial charge in [0.2, 0.25) is 5.28 Å². The molecule has 0 saturated carbocycles. The smallest absolute Gasteiger partial charge is 0.243 e. The SMILES string of the molecule is CC(C)(F)C1CN(c2ccc3nc(Cl)nn3c2)CCO1. The van der Waals surface area contributed by atoms with Crippen molar-refractivity contribution in [2.24, 2.45) is 0 Å². The molecule has 5 nitrogen and oxygen atoms in total. The van der Waals surface area contributed by atoms with Gasteiger partial charge in [0.25, 0.3) is 0 Å². The third-order valence-corrected chi connectivity index (χ3v) is 3.65. The van der Waals surface area contributed by atoms with E-state index in [9.17, 15) is 4.39 Å². The average molecular weight is 299 g/mol. The second kappa shape index (κ2) is 4.86. The summed E-state index contributed by atoms with van der Waals surface area (Å²) in [6.45, 7) is 4.83. The Morgan fingerprint density at radius 1 is 1.45 bits per heavy atom. The first-order valence-electron chi connectivity index (χ1n) is 6.51. The molecule has 0 amide bonds. The number of morpholine rings is 1. The number of anilines is 1. The van der Waals surface area contributed by atoms with Crippen LogP contribution in [0.1, 0.15) is 13.8 Å². The maximum atomic E-state index is 14.0. The molecule has 0 radical (unpaired) electrons. The zero-order valence-corrected chi connectivity index (χ0v) is 12.1. The van der Waals surface area contributed by atoms with Crippen LogP contribution in [-0.2, 0) is 4.74 Å². The van der Waals surface area contributed by atoms with Crippen LogP contribution in [0.15, 0.2) is 18.3 Å². The molecule has 1 fully saturated rings. The van der Waals surface area contributed by atoms with E-state index in [1.54, 1.807) is 18.4 Å². The summed E-state index contributed by atoms with van der Waals surface area (Å²) in [5.41, 5.74) is 0.283. The van der Waals surface area contributed by atoms with E-state index in [1.807, 2.05) is 18.3 Å². The van der Waals surface area contributed by atoms with Gasteiger partial charge in [0, 0.05) is 13.1 Å². The van der Waals surface area contributed by atoms with Gasteiger partial charge >= 0.3 is 0 Å². The van der Waals surface area contributed by atoms with Crippen LogP contribution in [0.5, 0.6) is 0 Å². The van der Waals surface area contributed by atoms with Crippen molar-refractivity contribution in [1.29, 1.82) is 0 Å². The molecule has 7 heteroatoms. The number of alkyl halides is 1. The number of nitrogens with zero attached hydrogens (tertiary/aromatic N) is 4. The van der Waals surface area contributed by atoms with Crippen molar-refractivity contribution in [3.8, 4) is 0 Å². The number of pyridine rings is 1. The van der Waals surface area contributed by atoms with Gasteiger partial charge in [-0.25, -0.2) is 8.91 Å². The van der Waals surface area contributed by atoms with Crippen molar-refractivity contribution in [3.05, 3.63) is 23.6 Å². The highest BCUT2D eigenvalue weighted by Crippen LogP contribution is 2.25. The number of fused-ring (bicyclic) bond motifs is 1. The van der Waals surface area contributed by atoms with Gasteiger partial charge in [0.1, 0.15) is 11.8 Å². The molecule has 20 heavy (non-hydrogen) atoms. The Morgan fingerprint density at radius 3 is 3.00 bits per heavy atom. The lowest BCUT2D eigenvalue weighted by atomic mass is 10.0. The van der Waals surface area contributed by atoms with E-state index in [1.165, 1.54) is 0 Å². The maximum absolute atomic E-state index is 14.0. The molecule has 0 aliphatic carbocycles. The maximum Gasteiger partial charge on any atom is 0.243 e. The highest BCUT2D eigenvalue weighted by atomic mass is 35.5. The fourth-order valence-corrected chi connectivity index (χ4v) is 2.50. The van der Waals surface area contributed by atoms with Crippen molar-refractivity contribution in [2.45, 2.75) is 25.6 Å². The molecule has 0 aromatic carbocycles. The molecular weight excluding hydrogens is 283 g/mol. The first-order chi connectivity index (χ1) is 9.43. The number of aromatic nitrogens is 3.